The molecule has 1 aromatic carbocycles. The molecular formula is C15H17NO4. The molecule has 0 spiro atoms. The van der Waals surface area contributed by atoms with Crippen LogP contribution in [-0.4, -0.2) is 32.8 Å². The Morgan fingerprint density at radius 3 is 2.70 bits per heavy atom. The Kier molecular flexibility index (Phi) is 4.65. The highest BCUT2D eigenvalue weighted by atomic mass is 16.7. The normalized spacial score (nSPS) is 12.3. The molecule has 0 N–H and O–H groups in total. The molecule has 0 bridgehead atoms. The Morgan fingerprint density at radius 1 is 1.30 bits per heavy atom. The van der Waals surface area contributed by atoms with Crippen molar-refractivity contribution in [2.24, 2.45) is 4.99 Å². The van der Waals surface area contributed by atoms with Crippen molar-refractivity contribution in [3.05, 3.63) is 46.3 Å². The van der Waals surface area contributed by atoms with Gasteiger partial charge in [-0.05, 0) is 19.1 Å². The van der Waals surface area contributed by atoms with Gasteiger partial charge in [-0.15, -0.1) is 0 Å². The van der Waals surface area contributed by atoms with Gasteiger partial charge in [0, 0.05) is 25.3 Å². The van der Waals surface area contributed by atoms with Gasteiger partial charge < -0.3 is 13.9 Å². The molecule has 2 aromatic rings. The van der Waals surface area contributed by atoms with Crippen LogP contribution in [0.25, 0.3) is 11.0 Å². The van der Waals surface area contributed by atoms with Crippen LogP contribution in [0.5, 0.6) is 0 Å². The fraction of sp³-hybridized carbons (Fsp3) is 0.333. The molecule has 1 heterocycles. The van der Waals surface area contributed by atoms with Crippen LogP contribution >= 0.6 is 0 Å². The Labute approximate surface area is 116 Å². The Bertz CT molecular complexity index is 671. The molecule has 0 unspecified atom stereocenters. The minimum absolute atomic E-state index is 0.325. The minimum atomic E-state index is -0.419. The molecule has 0 aliphatic heterocycles. The van der Waals surface area contributed by atoms with Gasteiger partial charge in [-0.25, -0.2) is 4.79 Å². The van der Waals surface area contributed by atoms with Crippen molar-refractivity contribution >= 4 is 16.7 Å². The van der Waals surface area contributed by atoms with Crippen molar-refractivity contribution in [2.75, 3.05) is 20.8 Å². The second-order valence-electron chi connectivity index (χ2n) is 4.31. The van der Waals surface area contributed by atoms with Gasteiger partial charge in [0.25, 0.3) is 0 Å². The van der Waals surface area contributed by atoms with E-state index in [2.05, 4.69) is 4.99 Å². The van der Waals surface area contributed by atoms with E-state index < -0.39 is 11.9 Å². The first-order chi connectivity index (χ1) is 9.65. The maximum absolute atomic E-state index is 11.9. The summed E-state index contributed by atoms with van der Waals surface area (Å²) in [7, 11) is 3.09. The van der Waals surface area contributed by atoms with E-state index in [1.54, 1.807) is 33.3 Å². The lowest BCUT2D eigenvalue weighted by Gasteiger charge is -2.10. The van der Waals surface area contributed by atoms with Crippen molar-refractivity contribution in [1.82, 2.24) is 0 Å². The molecule has 0 aliphatic rings. The molecule has 0 amide bonds. The second kappa shape index (κ2) is 6.45. The first-order valence-electron chi connectivity index (χ1n) is 6.25. The van der Waals surface area contributed by atoms with Crippen LogP contribution in [0, 0.1) is 0 Å². The van der Waals surface area contributed by atoms with Gasteiger partial charge in [0.15, 0.2) is 6.29 Å². The number of aliphatic imine (C=N–C) groups is 1. The van der Waals surface area contributed by atoms with Crippen molar-refractivity contribution in [3.8, 4) is 0 Å². The fourth-order valence-corrected chi connectivity index (χ4v) is 1.86. The lowest BCUT2D eigenvalue weighted by molar-refractivity contribution is -0.0936. The van der Waals surface area contributed by atoms with E-state index >= 15 is 0 Å². The zero-order valence-electron chi connectivity index (χ0n) is 11.8. The number of para-hydroxylation sites is 1. The maximum Gasteiger partial charge on any atom is 0.345 e. The Hall–Kier alpha value is -1.98. The number of hydrogen-bond donors (Lipinski definition) is 0. The molecule has 20 heavy (non-hydrogen) atoms. The third kappa shape index (κ3) is 3.12. The first-order valence-corrected chi connectivity index (χ1v) is 6.25. The number of nitrogens with zero attached hydrogens (tertiary/aromatic N) is 1. The lowest BCUT2D eigenvalue weighted by atomic mass is 10.1. The van der Waals surface area contributed by atoms with Crippen LogP contribution in [0.4, 0.5) is 0 Å². The topological polar surface area (TPSA) is 61.0 Å². The maximum atomic E-state index is 11.9. The quantitative estimate of drug-likeness (QED) is 0.477. The molecule has 0 aliphatic carbocycles. The third-order valence-electron chi connectivity index (χ3n) is 3.03. The largest absolute Gasteiger partial charge is 0.422 e. The highest BCUT2D eigenvalue weighted by Gasteiger charge is 2.09. The molecular weight excluding hydrogens is 258 g/mol. The van der Waals surface area contributed by atoms with Crippen LogP contribution < -0.4 is 5.63 Å². The van der Waals surface area contributed by atoms with E-state index in [0.29, 0.717) is 23.4 Å². The minimum Gasteiger partial charge on any atom is -0.422 e. The summed E-state index contributed by atoms with van der Waals surface area (Å²) in [5.74, 6) is 0. The van der Waals surface area contributed by atoms with Gasteiger partial charge in [-0.1, -0.05) is 18.2 Å². The summed E-state index contributed by atoms with van der Waals surface area (Å²) in [6.07, 6.45) is -0.419. The number of rotatable bonds is 5. The fourth-order valence-electron chi connectivity index (χ4n) is 1.86. The molecule has 5 nitrogen and oxygen atoms in total. The predicted octanol–water partition coefficient (Wildman–Crippen LogP) is 2.22. The van der Waals surface area contributed by atoms with Gasteiger partial charge in [0.1, 0.15) is 5.58 Å². The van der Waals surface area contributed by atoms with Crippen molar-refractivity contribution < 1.29 is 13.9 Å². The first kappa shape index (κ1) is 14.4. The van der Waals surface area contributed by atoms with Crippen LogP contribution in [-0.2, 0) is 9.47 Å². The van der Waals surface area contributed by atoms with Crippen LogP contribution in [0.2, 0.25) is 0 Å². The monoisotopic (exact) mass is 275 g/mol. The van der Waals surface area contributed by atoms with E-state index in [1.165, 1.54) is 0 Å². The SMILES string of the molecule is COC(CN=C(C)c1cc2ccccc2oc1=O)OC. The van der Waals surface area contributed by atoms with Gasteiger partial charge >= 0.3 is 5.63 Å². The number of fused-ring (bicyclic) bond motifs is 1. The predicted molar refractivity (Wildman–Crippen MR) is 77.4 cm³/mol. The smallest absolute Gasteiger partial charge is 0.345 e. The number of benzene rings is 1. The molecule has 5 heteroatoms. The van der Waals surface area contributed by atoms with Crippen LogP contribution in [0.3, 0.4) is 0 Å². The second-order valence-corrected chi connectivity index (χ2v) is 4.31. The lowest BCUT2D eigenvalue weighted by Crippen LogP contribution is -2.19. The molecule has 0 radical (unpaired) electrons. The zero-order valence-corrected chi connectivity index (χ0v) is 11.8. The highest BCUT2D eigenvalue weighted by molar-refractivity contribution is 6.00. The number of methoxy groups -OCH3 is 2. The number of hydrogen-bond acceptors (Lipinski definition) is 5. The summed E-state index contributed by atoms with van der Waals surface area (Å²) < 4.78 is 15.4. The molecule has 1 aromatic heterocycles. The third-order valence-corrected chi connectivity index (χ3v) is 3.03. The molecule has 0 fully saturated rings. The van der Waals surface area contributed by atoms with E-state index in [1.807, 2.05) is 18.2 Å². The van der Waals surface area contributed by atoms with Crippen molar-refractivity contribution in [2.45, 2.75) is 13.2 Å². The Balaban J connectivity index is 2.34. The van der Waals surface area contributed by atoms with Gasteiger partial charge in [-0.2, -0.15) is 0 Å². The van der Waals surface area contributed by atoms with Crippen molar-refractivity contribution in [3.63, 3.8) is 0 Å². The van der Waals surface area contributed by atoms with E-state index in [4.69, 9.17) is 13.9 Å². The van der Waals surface area contributed by atoms with Gasteiger partial charge in [-0.3, -0.25) is 4.99 Å². The summed E-state index contributed by atoms with van der Waals surface area (Å²) in [4.78, 5) is 16.3. The van der Waals surface area contributed by atoms with E-state index in [0.717, 1.165) is 5.39 Å². The molecule has 0 saturated heterocycles. The summed E-state index contributed by atoms with van der Waals surface area (Å²) in [6.45, 7) is 2.09. The highest BCUT2D eigenvalue weighted by Crippen LogP contribution is 2.13. The molecule has 2 rings (SSSR count). The summed E-state index contributed by atoms with van der Waals surface area (Å²) in [5.41, 5.74) is 1.23. The van der Waals surface area contributed by atoms with Crippen LogP contribution in [0.1, 0.15) is 12.5 Å². The van der Waals surface area contributed by atoms with Gasteiger partial charge in [0.05, 0.1) is 12.1 Å². The van der Waals surface area contributed by atoms with Gasteiger partial charge in [0.2, 0.25) is 0 Å². The number of ether oxygens (including phenoxy) is 2. The van der Waals surface area contributed by atoms with Crippen molar-refractivity contribution in [1.29, 1.82) is 0 Å². The molecule has 0 atom stereocenters. The standard InChI is InChI=1S/C15H17NO4/c1-10(16-9-14(18-2)19-3)12-8-11-6-4-5-7-13(11)20-15(12)17/h4-8,14H,9H2,1-3H3. The molecule has 0 saturated carbocycles. The zero-order chi connectivity index (χ0) is 14.5. The van der Waals surface area contributed by atoms with Crippen LogP contribution in [0.15, 0.2) is 44.5 Å². The van der Waals surface area contributed by atoms with E-state index in [-0.39, 0.29) is 0 Å². The average Bonchev–Trinajstić information content (AvgIpc) is 2.47. The molecule has 106 valence electrons. The van der Waals surface area contributed by atoms with E-state index in [9.17, 15) is 4.79 Å². The summed E-state index contributed by atoms with van der Waals surface area (Å²) in [5, 5.41) is 0.867. The Morgan fingerprint density at radius 2 is 2.00 bits per heavy atom. The summed E-state index contributed by atoms with van der Waals surface area (Å²) in [6, 6.07) is 9.16. The average molecular weight is 275 g/mol. The summed E-state index contributed by atoms with van der Waals surface area (Å²) >= 11 is 0.